The number of pyridine rings is 1. The van der Waals surface area contributed by atoms with Crippen LogP contribution in [0.25, 0.3) is 10.9 Å². The average molecular weight is 377 g/mol. The number of aryl methyl sites for hydroxylation is 1. The van der Waals surface area contributed by atoms with Gasteiger partial charge in [0.15, 0.2) is 0 Å². The van der Waals surface area contributed by atoms with E-state index >= 15 is 0 Å². The third kappa shape index (κ3) is 4.34. The van der Waals surface area contributed by atoms with E-state index in [1.54, 1.807) is 0 Å². The van der Waals surface area contributed by atoms with E-state index in [-0.39, 0.29) is 5.91 Å². The number of hydrogen-bond donors (Lipinski definition) is 2. The number of aromatic amines is 1. The number of nitrogens with zero attached hydrogens (tertiary/aromatic N) is 3. The summed E-state index contributed by atoms with van der Waals surface area (Å²) in [5, 5.41) is 4.24. The van der Waals surface area contributed by atoms with E-state index in [2.05, 4.69) is 50.3 Å². The number of benzene rings is 1. The van der Waals surface area contributed by atoms with Crippen molar-refractivity contribution >= 4 is 22.6 Å². The van der Waals surface area contributed by atoms with Gasteiger partial charge in [-0.1, -0.05) is 18.2 Å². The number of hydrogen-bond acceptors (Lipinski definition) is 4. The molecule has 3 aromatic rings. The van der Waals surface area contributed by atoms with Crippen LogP contribution in [-0.4, -0.2) is 54.0 Å². The SMILES string of the molecule is CN1CCN(c2cc(CNC(=O)CCc3c[nH]c4ccccc34)ccn2)CC1. The summed E-state index contributed by atoms with van der Waals surface area (Å²) in [6.07, 6.45) is 5.06. The molecule has 1 aromatic carbocycles. The molecule has 1 amide bonds. The Hall–Kier alpha value is -2.86. The fourth-order valence-corrected chi connectivity index (χ4v) is 3.65. The van der Waals surface area contributed by atoms with E-state index in [1.807, 2.05) is 30.6 Å². The largest absolute Gasteiger partial charge is 0.361 e. The minimum absolute atomic E-state index is 0.0724. The number of carbonyl (C=O) groups excluding carboxylic acids is 1. The number of nitrogens with one attached hydrogen (secondary N) is 2. The summed E-state index contributed by atoms with van der Waals surface area (Å²) < 4.78 is 0. The van der Waals surface area contributed by atoms with Crippen LogP contribution in [0.4, 0.5) is 5.82 Å². The van der Waals surface area contributed by atoms with Gasteiger partial charge in [0, 0.05) is 62.4 Å². The van der Waals surface area contributed by atoms with Crippen LogP contribution in [-0.2, 0) is 17.8 Å². The van der Waals surface area contributed by atoms with Crippen LogP contribution in [0.3, 0.4) is 0 Å². The van der Waals surface area contributed by atoms with E-state index < -0.39 is 0 Å². The minimum atomic E-state index is 0.0724. The molecule has 0 bridgehead atoms. The van der Waals surface area contributed by atoms with Crippen LogP contribution in [0.5, 0.6) is 0 Å². The lowest BCUT2D eigenvalue weighted by atomic mass is 10.1. The van der Waals surface area contributed by atoms with Crippen LogP contribution in [0, 0.1) is 0 Å². The maximum atomic E-state index is 12.3. The molecule has 0 atom stereocenters. The highest BCUT2D eigenvalue weighted by Gasteiger charge is 2.15. The van der Waals surface area contributed by atoms with Gasteiger partial charge in [0.05, 0.1) is 0 Å². The molecule has 2 aromatic heterocycles. The lowest BCUT2D eigenvalue weighted by molar-refractivity contribution is -0.121. The Morgan fingerprint density at radius 2 is 2.00 bits per heavy atom. The number of likely N-dealkylation sites (N-methyl/N-ethyl adjacent to an activating group) is 1. The Labute approximate surface area is 165 Å². The number of amides is 1. The Kier molecular flexibility index (Phi) is 5.58. The summed E-state index contributed by atoms with van der Waals surface area (Å²) in [5.41, 5.74) is 3.39. The van der Waals surface area contributed by atoms with E-state index in [4.69, 9.17) is 0 Å². The number of H-pyrrole nitrogens is 1. The van der Waals surface area contributed by atoms with Gasteiger partial charge in [0.1, 0.15) is 5.82 Å². The number of para-hydroxylation sites is 1. The molecular formula is C22H27N5O. The first-order valence-electron chi connectivity index (χ1n) is 9.89. The van der Waals surface area contributed by atoms with Gasteiger partial charge in [-0.05, 0) is 42.8 Å². The van der Waals surface area contributed by atoms with Crippen molar-refractivity contribution in [3.8, 4) is 0 Å². The van der Waals surface area contributed by atoms with Crippen molar-refractivity contribution in [2.24, 2.45) is 0 Å². The van der Waals surface area contributed by atoms with Gasteiger partial charge >= 0.3 is 0 Å². The summed E-state index contributed by atoms with van der Waals surface area (Å²) >= 11 is 0. The van der Waals surface area contributed by atoms with Crippen LogP contribution in [0.15, 0.2) is 48.8 Å². The monoisotopic (exact) mass is 377 g/mol. The number of piperazine rings is 1. The molecule has 1 fully saturated rings. The molecule has 0 unspecified atom stereocenters. The molecule has 6 heteroatoms. The fourth-order valence-electron chi connectivity index (χ4n) is 3.65. The average Bonchev–Trinajstić information content (AvgIpc) is 3.15. The topological polar surface area (TPSA) is 64.3 Å². The Morgan fingerprint density at radius 3 is 2.86 bits per heavy atom. The molecule has 4 rings (SSSR count). The highest BCUT2D eigenvalue weighted by molar-refractivity contribution is 5.84. The Bertz CT molecular complexity index is 943. The number of fused-ring (bicyclic) bond motifs is 1. The van der Waals surface area contributed by atoms with Crippen molar-refractivity contribution in [2.75, 3.05) is 38.1 Å². The number of carbonyl (C=O) groups is 1. The molecule has 2 N–H and O–H groups in total. The first-order chi connectivity index (χ1) is 13.7. The maximum absolute atomic E-state index is 12.3. The zero-order valence-electron chi connectivity index (χ0n) is 16.3. The van der Waals surface area contributed by atoms with E-state index in [0.29, 0.717) is 13.0 Å². The minimum Gasteiger partial charge on any atom is -0.361 e. The van der Waals surface area contributed by atoms with Gasteiger partial charge in [-0.3, -0.25) is 4.79 Å². The maximum Gasteiger partial charge on any atom is 0.220 e. The molecule has 1 aliphatic heterocycles. The summed E-state index contributed by atoms with van der Waals surface area (Å²) in [6.45, 7) is 4.62. The van der Waals surface area contributed by atoms with Crippen molar-refractivity contribution in [1.29, 1.82) is 0 Å². The zero-order valence-corrected chi connectivity index (χ0v) is 16.3. The van der Waals surface area contributed by atoms with Crippen molar-refractivity contribution in [3.63, 3.8) is 0 Å². The first-order valence-corrected chi connectivity index (χ1v) is 9.89. The zero-order chi connectivity index (χ0) is 19.3. The number of aromatic nitrogens is 2. The van der Waals surface area contributed by atoms with Gasteiger partial charge < -0.3 is 20.1 Å². The van der Waals surface area contributed by atoms with Crippen LogP contribution in [0.2, 0.25) is 0 Å². The predicted octanol–water partition coefficient (Wildman–Crippen LogP) is 2.56. The quantitative estimate of drug-likeness (QED) is 0.693. The second-order valence-corrected chi connectivity index (χ2v) is 7.45. The lowest BCUT2D eigenvalue weighted by Gasteiger charge is -2.33. The Morgan fingerprint density at radius 1 is 1.18 bits per heavy atom. The second-order valence-electron chi connectivity index (χ2n) is 7.45. The van der Waals surface area contributed by atoms with Gasteiger partial charge in [0.25, 0.3) is 0 Å². The van der Waals surface area contributed by atoms with Crippen molar-refractivity contribution in [3.05, 3.63) is 59.9 Å². The van der Waals surface area contributed by atoms with Crippen molar-refractivity contribution in [2.45, 2.75) is 19.4 Å². The highest BCUT2D eigenvalue weighted by atomic mass is 16.1. The van der Waals surface area contributed by atoms with Crippen LogP contribution >= 0.6 is 0 Å². The predicted molar refractivity (Wildman–Crippen MR) is 112 cm³/mol. The third-order valence-electron chi connectivity index (χ3n) is 5.42. The van der Waals surface area contributed by atoms with Crippen molar-refractivity contribution in [1.82, 2.24) is 20.2 Å². The molecular weight excluding hydrogens is 350 g/mol. The molecule has 0 radical (unpaired) electrons. The molecule has 1 saturated heterocycles. The summed E-state index contributed by atoms with van der Waals surface area (Å²) in [4.78, 5) is 24.7. The van der Waals surface area contributed by atoms with Gasteiger partial charge in [-0.15, -0.1) is 0 Å². The van der Waals surface area contributed by atoms with Crippen LogP contribution < -0.4 is 10.2 Å². The molecule has 3 heterocycles. The molecule has 146 valence electrons. The van der Waals surface area contributed by atoms with Gasteiger partial charge in [0.2, 0.25) is 5.91 Å². The fraction of sp³-hybridized carbons (Fsp3) is 0.364. The molecule has 28 heavy (non-hydrogen) atoms. The molecule has 0 aliphatic carbocycles. The first kappa shape index (κ1) is 18.5. The molecule has 0 spiro atoms. The number of anilines is 1. The lowest BCUT2D eigenvalue weighted by Crippen LogP contribution is -2.44. The smallest absolute Gasteiger partial charge is 0.220 e. The summed E-state index contributed by atoms with van der Waals surface area (Å²) in [5.74, 6) is 1.07. The summed E-state index contributed by atoms with van der Waals surface area (Å²) in [6, 6.07) is 12.3. The molecule has 6 nitrogen and oxygen atoms in total. The molecule has 1 aliphatic rings. The highest BCUT2D eigenvalue weighted by Crippen LogP contribution is 2.19. The van der Waals surface area contributed by atoms with Gasteiger partial charge in [-0.25, -0.2) is 4.98 Å². The van der Waals surface area contributed by atoms with Crippen LogP contribution in [0.1, 0.15) is 17.5 Å². The van der Waals surface area contributed by atoms with Crippen molar-refractivity contribution < 1.29 is 4.79 Å². The standard InChI is InChI=1S/C22H27N5O/c1-26-10-12-27(13-11-26)21-14-17(8-9-23-21)15-25-22(28)7-6-18-16-24-20-5-3-2-4-19(18)20/h2-5,8-9,14,16,24H,6-7,10-13,15H2,1H3,(H,25,28). The van der Waals surface area contributed by atoms with E-state index in [9.17, 15) is 4.79 Å². The third-order valence-corrected chi connectivity index (χ3v) is 5.42. The van der Waals surface area contributed by atoms with Gasteiger partial charge in [-0.2, -0.15) is 0 Å². The number of rotatable bonds is 6. The Balaban J connectivity index is 1.29. The van der Waals surface area contributed by atoms with E-state index in [1.165, 1.54) is 10.9 Å². The normalized spacial score (nSPS) is 15.1. The summed E-state index contributed by atoms with van der Waals surface area (Å²) in [7, 11) is 2.15. The second kappa shape index (κ2) is 8.44. The molecule has 0 saturated carbocycles. The van der Waals surface area contributed by atoms with E-state index in [0.717, 1.165) is 49.5 Å².